The van der Waals surface area contributed by atoms with Crippen molar-refractivity contribution >= 4 is 30.0 Å². The standard InChI is InChI=1S/C28H31N5O3Si/c1-27(2,3)37(21-10-6-4-7-11-21,22-12-8-5-9-13-22)35-17-20-16-25(34)28(18-29,36-20)24-15-14-23-26(30)31-19-32-33(23)24/h4-15,19-20,25,34H,16-17H2,1-3H3,(H2,30,31,32)/t20-,25-,28+/m1/s1. The first-order chi connectivity index (χ1) is 17.7. The Kier molecular flexibility index (Phi) is 6.37. The predicted molar refractivity (Wildman–Crippen MR) is 144 cm³/mol. The number of nitrogen functional groups attached to an aromatic ring is 1. The molecule has 4 aromatic rings. The van der Waals surface area contributed by atoms with Crippen molar-refractivity contribution in [3.63, 3.8) is 0 Å². The van der Waals surface area contributed by atoms with Gasteiger partial charge in [0.05, 0.1) is 18.4 Å². The first-order valence-electron chi connectivity index (χ1n) is 12.3. The minimum absolute atomic E-state index is 0.203. The minimum atomic E-state index is -2.80. The van der Waals surface area contributed by atoms with Crippen LogP contribution >= 0.6 is 0 Å². The molecule has 5 rings (SSSR count). The molecule has 3 atom stereocenters. The Bertz CT molecular complexity index is 1390. The average molecular weight is 514 g/mol. The normalized spacial score (nSPS) is 22.2. The highest BCUT2D eigenvalue weighted by atomic mass is 28.4. The SMILES string of the molecule is CC(C)(C)[Si](OC[C@H]1C[C@@H](O)[C@](C#N)(c2ccc3c(N)ncnn23)O1)(c1ccccc1)c1ccccc1. The summed E-state index contributed by atoms with van der Waals surface area (Å²) in [4.78, 5) is 4.01. The van der Waals surface area contributed by atoms with Crippen molar-refractivity contribution in [2.75, 3.05) is 12.3 Å². The van der Waals surface area contributed by atoms with Crippen molar-refractivity contribution < 1.29 is 14.3 Å². The van der Waals surface area contributed by atoms with Gasteiger partial charge < -0.3 is 20.0 Å². The summed E-state index contributed by atoms with van der Waals surface area (Å²) in [7, 11) is -2.80. The van der Waals surface area contributed by atoms with Gasteiger partial charge in [0.2, 0.25) is 5.60 Å². The molecule has 0 aliphatic carbocycles. The lowest BCUT2D eigenvalue weighted by molar-refractivity contribution is -0.0612. The molecule has 9 heteroatoms. The van der Waals surface area contributed by atoms with E-state index in [1.54, 1.807) is 12.1 Å². The molecule has 0 radical (unpaired) electrons. The summed E-state index contributed by atoms with van der Waals surface area (Å²) in [5.74, 6) is 0.286. The first-order valence-corrected chi connectivity index (χ1v) is 14.2. The van der Waals surface area contributed by atoms with Gasteiger partial charge >= 0.3 is 0 Å². The van der Waals surface area contributed by atoms with Gasteiger partial charge in [-0.3, -0.25) is 0 Å². The molecule has 1 saturated heterocycles. The van der Waals surface area contributed by atoms with Crippen LogP contribution < -0.4 is 16.1 Å². The van der Waals surface area contributed by atoms with E-state index in [2.05, 4.69) is 61.2 Å². The summed E-state index contributed by atoms with van der Waals surface area (Å²) in [6.45, 7) is 6.86. The number of nitrogens with zero attached hydrogens (tertiary/aromatic N) is 4. The monoisotopic (exact) mass is 513 g/mol. The fourth-order valence-electron chi connectivity index (χ4n) is 5.51. The number of hydrogen-bond donors (Lipinski definition) is 2. The third-order valence-corrected chi connectivity index (χ3v) is 12.2. The Balaban J connectivity index is 1.50. The van der Waals surface area contributed by atoms with Gasteiger partial charge in [-0.25, -0.2) is 9.50 Å². The van der Waals surface area contributed by atoms with Crippen molar-refractivity contribution in [1.82, 2.24) is 14.6 Å². The Morgan fingerprint density at radius 2 is 1.73 bits per heavy atom. The van der Waals surface area contributed by atoms with Crippen LogP contribution in [0.15, 0.2) is 79.1 Å². The number of aliphatic hydroxyl groups excluding tert-OH is 1. The van der Waals surface area contributed by atoms with Gasteiger partial charge in [-0.2, -0.15) is 10.4 Å². The van der Waals surface area contributed by atoms with Crippen LogP contribution in [-0.4, -0.2) is 46.8 Å². The molecular weight excluding hydrogens is 482 g/mol. The highest BCUT2D eigenvalue weighted by molar-refractivity contribution is 6.99. The molecule has 1 aliphatic rings. The molecule has 0 saturated carbocycles. The van der Waals surface area contributed by atoms with Crippen LogP contribution in [0, 0.1) is 11.3 Å². The Labute approximate surface area is 217 Å². The molecule has 37 heavy (non-hydrogen) atoms. The zero-order valence-electron chi connectivity index (χ0n) is 21.2. The Morgan fingerprint density at radius 3 is 2.30 bits per heavy atom. The quantitative estimate of drug-likeness (QED) is 0.381. The van der Waals surface area contributed by atoms with Crippen molar-refractivity contribution in [1.29, 1.82) is 5.26 Å². The number of benzene rings is 2. The lowest BCUT2D eigenvalue weighted by Crippen LogP contribution is -2.67. The molecule has 1 aliphatic heterocycles. The summed E-state index contributed by atoms with van der Waals surface area (Å²) in [6, 6.07) is 26.3. The molecule has 8 nitrogen and oxygen atoms in total. The molecule has 3 heterocycles. The van der Waals surface area contributed by atoms with E-state index < -0.39 is 26.1 Å². The molecular formula is C28H31N5O3Si. The molecule has 2 aromatic carbocycles. The molecule has 0 bridgehead atoms. The molecule has 1 fully saturated rings. The van der Waals surface area contributed by atoms with E-state index in [-0.39, 0.29) is 23.9 Å². The topological polar surface area (TPSA) is 119 Å². The number of fused-ring (bicyclic) bond motifs is 1. The van der Waals surface area contributed by atoms with Gasteiger partial charge in [-0.05, 0) is 27.5 Å². The zero-order chi connectivity index (χ0) is 26.3. The van der Waals surface area contributed by atoms with Crippen molar-refractivity contribution in [2.45, 2.75) is 50.0 Å². The average Bonchev–Trinajstić information content (AvgIpc) is 3.47. The predicted octanol–water partition coefficient (Wildman–Crippen LogP) is 2.76. The van der Waals surface area contributed by atoms with E-state index in [1.165, 1.54) is 10.8 Å². The van der Waals surface area contributed by atoms with Crippen molar-refractivity contribution in [3.8, 4) is 6.07 Å². The van der Waals surface area contributed by atoms with E-state index in [9.17, 15) is 10.4 Å². The van der Waals surface area contributed by atoms with Gasteiger partial charge in [-0.15, -0.1) is 0 Å². The number of anilines is 1. The van der Waals surface area contributed by atoms with Gasteiger partial charge in [0, 0.05) is 6.42 Å². The number of aliphatic hydroxyl groups is 1. The minimum Gasteiger partial charge on any atom is -0.405 e. The zero-order valence-corrected chi connectivity index (χ0v) is 22.2. The Morgan fingerprint density at radius 1 is 1.11 bits per heavy atom. The molecule has 0 unspecified atom stereocenters. The fraction of sp³-hybridized carbons (Fsp3) is 0.321. The second-order valence-electron chi connectivity index (χ2n) is 10.5. The van der Waals surface area contributed by atoms with Crippen LogP contribution in [0.5, 0.6) is 0 Å². The fourth-order valence-corrected chi connectivity index (χ4v) is 10.1. The van der Waals surface area contributed by atoms with E-state index in [4.69, 9.17) is 14.9 Å². The number of aromatic nitrogens is 3. The molecule has 0 spiro atoms. The van der Waals surface area contributed by atoms with Crippen LogP contribution in [0.3, 0.4) is 0 Å². The highest BCUT2D eigenvalue weighted by Crippen LogP contribution is 2.42. The lowest BCUT2D eigenvalue weighted by atomic mass is 9.94. The van der Waals surface area contributed by atoms with E-state index in [1.807, 2.05) is 36.4 Å². The third kappa shape index (κ3) is 4.02. The van der Waals surface area contributed by atoms with E-state index in [0.29, 0.717) is 11.2 Å². The number of nitriles is 1. The lowest BCUT2D eigenvalue weighted by Gasteiger charge is -2.43. The largest absolute Gasteiger partial charge is 0.405 e. The highest BCUT2D eigenvalue weighted by Gasteiger charge is 2.54. The number of hydrogen-bond acceptors (Lipinski definition) is 7. The van der Waals surface area contributed by atoms with Crippen LogP contribution in [0.4, 0.5) is 5.82 Å². The second kappa shape index (κ2) is 9.39. The summed E-state index contributed by atoms with van der Waals surface area (Å²) in [5.41, 5.74) is 5.35. The van der Waals surface area contributed by atoms with Gasteiger partial charge in [-0.1, -0.05) is 81.4 Å². The summed E-state index contributed by atoms with van der Waals surface area (Å²) < 4.78 is 14.9. The van der Waals surface area contributed by atoms with E-state index >= 15 is 0 Å². The second-order valence-corrected chi connectivity index (χ2v) is 14.8. The summed E-state index contributed by atoms with van der Waals surface area (Å²) in [6.07, 6.45) is 0.00192. The van der Waals surface area contributed by atoms with E-state index in [0.717, 1.165) is 10.4 Å². The number of ether oxygens (including phenoxy) is 1. The summed E-state index contributed by atoms with van der Waals surface area (Å²) in [5, 5.41) is 27.8. The number of nitrogens with two attached hydrogens (primary N) is 1. The third-order valence-electron chi connectivity index (χ3n) is 7.24. The van der Waals surface area contributed by atoms with Crippen LogP contribution in [0.2, 0.25) is 5.04 Å². The van der Waals surface area contributed by atoms with Crippen molar-refractivity contribution in [3.05, 3.63) is 84.8 Å². The van der Waals surface area contributed by atoms with Crippen molar-refractivity contribution in [2.24, 2.45) is 0 Å². The number of rotatable bonds is 6. The maximum absolute atomic E-state index is 11.2. The van der Waals surface area contributed by atoms with Crippen LogP contribution in [0.25, 0.3) is 5.52 Å². The maximum Gasteiger partial charge on any atom is 0.261 e. The van der Waals surface area contributed by atoms with Crippen LogP contribution in [0.1, 0.15) is 32.9 Å². The molecule has 2 aromatic heterocycles. The maximum atomic E-state index is 11.2. The van der Waals surface area contributed by atoms with Gasteiger partial charge in [0.1, 0.15) is 24.0 Å². The Hall–Kier alpha value is -3.55. The van der Waals surface area contributed by atoms with Gasteiger partial charge in [0.25, 0.3) is 8.32 Å². The molecule has 0 amide bonds. The molecule has 3 N–H and O–H groups in total. The summed E-state index contributed by atoms with van der Waals surface area (Å²) >= 11 is 0. The smallest absolute Gasteiger partial charge is 0.261 e. The molecule has 190 valence electrons. The van der Waals surface area contributed by atoms with Gasteiger partial charge in [0.15, 0.2) is 5.82 Å². The first kappa shape index (κ1) is 25.1. The van der Waals surface area contributed by atoms with Crippen LogP contribution in [-0.2, 0) is 14.8 Å².